The van der Waals surface area contributed by atoms with E-state index in [1.54, 1.807) is 52.5 Å². The average molecular weight is 472 g/mol. The van der Waals surface area contributed by atoms with Crippen LogP contribution in [0.2, 0.25) is 0 Å². The molecule has 6 nitrogen and oxygen atoms in total. The molecule has 0 saturated heterocycles. The molecule has 0 aliphatic carbocycles. The largest absolute Gasteiger partial charge is 0.462 e. The Bertz CT molecular complexity index is 1220. The summed E-state index contributed by atoms with van der Waals surface area (Å²) >= 11 is 6.69. The van der Waals surface area contributed by atoms with E-state index in [-0.39, 0.29) is 0 Å². The molecule has 0 bridgehead atoms. The number of nitrogens with zero attached hydrogens (tertiary/aromatic N) is 5. The van der Waals surface area contributed by atoms with Gasteiger partial charge >= 0.3 is 0 Å². The number of furan rings is 1. The molecule has 0 unspecified atom stereocenters. The Kier molecular flexibility index (Phi) is 5.89. The monoisotopic (exact) mass is 471 g/mol. The number of para-hydroxylation sites is 1. The van der Waals surface area contributed by atoms with Crippen LogP contribution in [-0.4, -0.2) is 24.7 Å². The Hall–Kier alpha value is -2.14. The molecule has 0 saturated carbocycles. The lowest BCUT2D eigenvalue weighted by atomic mass is 10.3. The van der Waals surface area contributed by atoms with Gasteiger partial charge < -0.3 is 8.98 Å². The topological polar surface area (TPSA) is 69.6 Å². The number of aromatic nitrogens is 5. The zero-order valence-electron chi connectivity index (χ0n) is 16.0. The Morgan fingerprint density at radius 2 is 1.97 bits per heavy atom. The van der Waals surface area contributed by atoms with Gasteiger partial charge in [-0.1, -0.05) is 35.7 Å². The van der Waals surface area contributed by atoms with Crippen molar-refractivity contribution in [1.29, 1.82) is 0 Å². The van der Waals surface area contributed by atoms with Gasteiger partial charge in [-0.05, 0) is 31.2 Å². The Morgan fingerprint density at radius 1 is 1.03 bits per heavy atom. The molecule has 4 heterocycles. The van der Waals surface area contributed by atoms with Crippen molar-refractivity contribution in [3.8, 4) is 10.8 Å². The molecule has 1 aromatic carbocycles. The summed E-state index contributed by atoms with van der Waals surface area (Å²) in [5.41, 5.74) is 2.07. The number of fused-ring (bicyclic) bond motifs is 1. The Morgan fingerprint density at radius 3 is 2.80 bits per heavy atom. The number of rotatable bonds is 8. The highest BCUT2D eigenvalue weighted by Gasteiger charge is 2.14. The zero-order valence-corrected chi connectivity index (χ0v) is 19.3. The first-order valence-corrected chi connectivity index (χ1v) is 13.0. The van der Waals surface area contributed by atoms with Gasteiger partial charge in [-0.25, -0.2) is 9.97 Å². The van der Waals surface area contributed by atoms with Crippen molar-refractivity contribution in [1.82, 2.24) is 24.7 Å². The van der Waals surface area contributed by atoms with Crippen molar-refractivity contribution in [2.24, 2.45) is 0 Å². The number of hydrogen-bond donors (Lipinski definition) is 0. The zero-order chi connectivity index (χ0) is 20.3. The van der Waals surface area contributed by atoms with Crippen LogP contribution in [0.25, 0.3) is 21.0 Å². The molecule has 0 N–H and O–H groups in total. The van der Waals surface area contributed by atoms with Crippen molar-refractivity contribution < 1.29 is 4.42 Å². The van der Waals surface area contributed by atoms with E-state index in [2.05, 4.69) is 44.2 Å². The fourth-order valence-electron chi connectivity index (χ4n) is 2.91. The van der Waals surface area contributed by atoms with Crippen LogP contribution in [-0.2, 0) is 18.1 Å². The van der Waals surface area contributed by atoms with E-state index in [4.69, 9.17) is 9.40 Å². The lowest BCUT2D eigenvalue weighted by molar-refractivity contribution is 0.581. The fourth-order valence-corrected chi connectivity index (χ4v) is 6.73. The molecule has 4 aromatic heterocycles. The summed E-state index contributed by atoms with van der Waals surface area (Å²) in [6.07, 6.45) is 1.67. The summed E-state index contributed by atoms with van der Waals surface area (Å²) < 4.78 is 9.87. The molecular formula is C20H17N5OS4. The fraction of sp³-hybridized carbons (Fsp3) is 0.200. The third-order valence-electron chi connectivity index (χ3n) is 4.34. The summed E-state index contributed by atoms with van der Waals surface area (Å²) in [7, 11) is 0. The number of benzene rings is 1. The van der Waals surface area contributed by atoms with Gasteiger partial charge in [-0.15, -0.1) is 32.9 Å². The molecule has 0 radical (unpaired) electrons. The minimum Gasteiger partial charge on any atom is -0.462 e. The van der Waals surface area contributed by atoms with E-state index < -0.39 is 0 Å². The summed E-state index contributed by atoms with van der Waals surface area (Å²) in [5.74, 6) is 3.28. The molecule has 10 heteroatoms. The van der Waals surface area contributed by atoms with Crippen LogP contribution in [0.5, 0.6) is 0 Å². The van der Waals surface area contributed by atoms with E-state index >= 15 is 0 Å². The van der Waals surface area contributed by atoms with Crippen molar-refractivity contribution in [2.45, 2.75) is 34.5 Å². The first kappa shape index (κ1) is 19.8. The lowest BCUT2D eigenvalue weighted by Gasteiger charge is -2.05. The standard InChI is InChI=1S/C20H17N5OS4/c1-2-25-17(12-29-20-22-14-6-3-4-8-16(14)30-20)23-24-19(25)28-11-13-10-27-18(21-13)15-7-5-9-26-15/h3-10H,2,11-12H2,1H3. The maximum atomic E-state index is 5.43. The molecule has 5 aromatic rings. The van der Waals surface area contributed by atoms with Gasteiger partial charge in [0.05, 0.1) is 27.9 Å². The van der Waals surface area contributed by atoms with Crippen molar-refractivity contribution in [3.05, 3.63) is 59.6 Å². The van der Waals surface area contributed by atoms with Crippen LogP contribution >= 0.6 is 46.2 Å². The number of thioether (sulfide) groups is 2. The third kappa shape index (κ3) is 4.18. The highest BCUT2D eigenvalue weighted by atomic mass is 32.2. The van der Waals surface area contributed by atoms with Gasteiger partial charge in [0.1, 0.15) is 5.82 Å². The lowest BCUT2D eigenvalue weighted by Crippen LogP contribution is -2.02. The first-order chi connectivity index (χ1) is 14.8. The van der Waals surface area contributed by atoms with Crippen molar-refractivity contribution >= 4 is 56.4 Å². The molecule has 5 rings (SSSR count). The molecule has 30 heavy (non-hydrogen) atoms. The third-order valence-corrected chi connectivity index (χ3v) is 8.42. The average Bonchev–Trinajstić information content (AvgIpc) is 3.56. The SMILES string of the molecule is CCn1c(CSc2nc3ccccc3s2)nnc1SCc1csc(-c2ccco2)n1. The smallest absolute Gasteiger partial charge is 0.191 e. The molecule has 0 aliphatic rings. The second-order valence-corrected chi connectivity index (χ2v) is 10.3. The van der Waals surface area contributed by atoms with Crippen LogP contribution in [0, 0.1) is 0 Å². The number of thiazole rings is 2. The quantitative estimate of drug-likeness (QED) is 0.249. The predicted octanol–water partition coefficient (Wildman–Crippen LogP) is 6.21. The molecule has 0 fully saturated rings. The maximum Gasteiger partial charge on any atom is 0.191 e. The minimum absolute atomic E-state index is 0.750. The van der Waals surface area contributed by atoms with Crippen LogP contribution in [0.3, 0.4) is 0 Å². The normalized spacial score (nSPS) is 11.5. The maximum absolute atomic E-state index is 5.43. The Balaban J connectivity index is 1.24. The molecular weight excluding hydrogens is 455 g/mol. The highest BCUT2D eigenvalue weighted by molar-refractivity contribution is 8.00. The predicted molar refractivity (Wildman–Crippen MR) is 124 cm³/mol. The van der Waals surface area contributed by atoms with E-state index in [9.17, 15) is 0 Å². The summed E-state index contributed by atoms with van der Waals surface area (Å²) in [4.78, 5) is 9.36. The van der Waals surface area contributed by atoms with Gasteiger partial charge in [0, 0.05) is 17.7 Å². The van der Waals surface area contributed by atoms with Gasteiger partial charge in [0.2, 0.25) is 0 Å². The van der Waals surface area contributed by atoms with Gasteiger partial charge in [-0.2, -0.15) is 0 Å². The molecule has 0 amide bonds. The van der Waals surface area contributed by atoms with Gasteiger partial charge in [0.15, 0.2) is 20.3 Å². The molecule has 0 atom stereocenters. The van der Waals surface area contributed by atoms with E-state index in [0.29, 0.717) is 0 Å². The Labute approximate surface area is 189 Å². The van der Waals surface area contributed by atoms with Crippen LogP contribution in [0.1, 0.15) is 18.4 Å². The van der Waals surface area contributed by atoms with E-state index in [0.717, 1.165) is 55.3 Å². The highest BCUT2D eigenvalue weighted by Crippen LogP contribution is 2.32. The van der Waals surface area contributed by atoms with Crippen molar-refractivity contribution in [2.75, 3.05) is 0 Å². The van der Waals surface area contributed by atoms with E-state index in [1.807, 2.05) is 24.3 Å². The summed E-state index contributed by atoms with van der Waals surface area (Å²) in [6, 6.07) is 12.0. The van der Waals surface area contributed by atoms with Crippen LogP contribution in [0.4, 0.5) is 0 Å². The summed E-state index contributed by atoms with van der Waals surface area (Å²) in [5, 5.41) is 12.7. The molecule has 0 spiro atoms. The van der Waals surface area contributed by atoms with Crippen LogP contribution < -0.4 is 0 Å². The van der Waals surface area contributed by atoms with E-state index in [1.165, 1.54) is 4.70 Å². The molecule has 0 aliphatic heterocycles. The summed E-state index contributed by atoms with van der Waals surface area (Å²) in [6.45, 7) is 2.96. The van der Waals surface area contributed by atoms with Crippen LogP contribution in [0.15, 0.2) is 62.0 Å². The number of hydrogen-bond acceptors (Lipinski definition) is 9. The van der Waals surface area contributed by atoms with Gasteiger partial charge in [-0.3, -0.25) is 0 Å². The van der Waals surface area contributed by atoms with Crippen molar-refractivity contribution in [3.63, 3.8) is 0 Å². The second-order valence-electron chi connectivity index (χ2n) is 6.29. The minimum atomic E-state index is 0.750. The second kappa shape index (κ2) is 8.93. The first-order valence-electron chi connectivity index (χ1n) is 9.31. The molecule has 152 valence electrons. The van der Waals surface area contributed by atoms with Gasteiger partial charge in [0.25, 0.3) is 0 Å².